The van der Waals surface area contributed by atoms with E-state index in [1.165, 1.54) is 0 Å². The summed E-state index contributed by atoms with van der Waals surface area (Å²) in [4.78, 5) is 15.5. The molecule has 0 spiro atoms. The fourth-order valence-corrected chi connectivity index (χ4v) is 2.35. The maximum absolute atomic E-state index is 11.6. The Morgan fingerprint density at radius 1 is 1.37 bits per heavy atom. The molecule has 112 valence electrons. The van der Waals surface area contributed by atoms with Crippen molar-refractivity contribution in [1.29, 1.82) is 0 Å². The zero-order chi connectivity index (χ0) is 14.4. The summed E-state index contributed by atoms with van der Waals surface area (Å²) in [5, 5.41) is 12.9. The van der Waals surface area contributed by atoms with E-state index in [1.54, 1.807) is 19.0 Å². The highest BCUT2D eigenvalue weighted by Crippen LogP contribution is 2.13. The molecule has 1 aliphatic rings. The minimum atomic E-state index is 0.168. The van der Waals surface area contributed by atoms with Gasteiger partial charge in [-0.1, -0.05) is 13.8 Å². The van der Waals surface area contributed by atoms with E-state index in [1.807, 2.05) is 0 Å². The average Bonchev–Trinajstić information content (AvgIpc) is 2.37. The number of nitrogens with zero attached hydrogens (tertiary/aromatic N) is 2. The van der Waals surface area contributed by atoms with Gasteiger partial charge in [0.1, 0.15) is 0 Å². The van der Waals surface area contributed by atoms with Crippen LogP contribution in [-0.2, 0) is 4.79 Å². The van der Waals surface area contributed by atoms with Crippen LogP contribution in [0.4, 0.5) is 0 Å². The van der Waals surface area contributed by atoms with Crippen LogP contribution in [0.25, 0.3) is 0 Å². The summed E-state index contributed by atoms with van der Waals surface area (Å²) in [6, 6.07) is 0.644. The summed E-state index contributed by atoms with van der Waals surface area (Å²) in [5.74, 6) is 0.611. The number of carbonyl (C=O) groups excluding carboxylic acids is 1. The average molecular weight is 271 g/mol. The van der Waals surface area contributed by atoms with Crippen LogP contribution >= 0.6 is 0 Å². The molecule has 0 aromatic rings. The Balaban J connectivity index is 2.30. The van der Waals surface area contributed by atoms with Gasteiger partial charge in [0, 0.05) is 39.3 Å². The molecule has 1 saturated heterocycles. The van der Waals surface area contributed by atoms with Crippen LogP contribution in [0.1, 0.15) is 26.7 Å². The van der Waals surface area contributed by atoms with Crippen LogP contribution in [0.15, 0.2) is 0 Å². The number of likely N-dealkylation sites (tertiary alicyclic amines) is 1. The molecule has 0 radical (unpaired) electrons. The Hall–Kier alpha value is -0.650. The van der Waals surface area contributed by atoms with Crippen molar-refractivity contribution in [1.82, 2.24) is 15.1 Å². The lowest BCUT2D eigenvalue weighted by molar-refractivity contribution is -0.130. The summed E-state index contributed by atoms with van der Waals surface area (Å²) in [6.07, 6.45) is 2.09. The van der Waals surface area contributed by atoms with Crippen LogP contribution < -0.4 is 5.32 Å². The van der Waals surface area contributed by atoms with Gasteiger partial charge in [0.15, 0.2) is 0 Å². The number of likely N-dealkylation sites (N-methyl/N-ethyl adjacent to an activating group) is 1. The summed E-state index contributed by atoms with van der Waals surface area (Å²) in [7, 11) is 3.59. The van der Waals surface area contributed by atoms with Gasteiger partial charge in [-0.15, -0.1) is 0 Å². The van der Waals surface area contributed by atoms with Gasteiger partial charge in [-0.05, 0) is 18.8 Å². The van der Waals surface area contributed by atoms with Gasteiger partial charge in [-0.2, -0.15) is 0 Å². The molecule has 0 aromatic heterocycles. The Bertz CT molecular complexity index is 274. The number of nitrogens with one attached hydrogen (secondary N) is 1. The number of rotatable bonds is 6. The molecule has 2 N–H and O–H groups in total. The lowest BCUT2D eigenvalue weighted by Crippen LogP contribution is -2.50. The van der Waals surface area contributed by atoms with Crippen molar-refractivity contribution in [3.05, 3.63) is 0 Å². The second-order valence-electron chi connectivity index (χ2n) is 6.04. The lowest BCUT2D eigenvalue weighted by atomic mass is 9.99. The van der Waals surface area contributed by atoms with Gasteiger partial charge in [-0.3, -0.25) is 9.69 Å². The second kappa shape index (κ2) is 7.82. The molecule has 1 rings (SSSR count). The summed E-state index contributed by atoms with van der Waals surface area (Å²) < 4.78 is 0. The SMILES string of the molecule is CC(C)[C@@H](CO)NC1CCN(CC(=O)N(C)C)CC1. The van der Waals surface area contributed by atoms with Crippen LogP contribution in [0.5, 0.6) is 0 Å². The molecule has 0 saturated carbocycles. The normalized spacial score (nSPS) is 19.7. The maximum Gasteiger partial charge on any atom is 0.236 e. The molecule has 0 aromatic carbocycles. The van der Waals surface area contributed by atoms with E-state index in [0.717, 1.165) is 25.9 Å². The monoisotopic (exact) mass is 271 g/mol. The van der Waals surface area contributed by atoms with E-state index in [9.17, 15) is 9.90 Å². The van der Waals surface area contributed by atoms with E-state index < -0.39 is 0 Å². The fraction of sp³-hybridized carbons (Fsp3) is 0.929. The zero-order valence-corrected chi connectivity index (χ0v) is 12.7. The summed E-state index contributed by atoms with van der Waals surface area (Å²) >= 11 is 0. The highest BCUT2D eigenvalue weighted by Gasteiger charge is 2.24. The molecule has 1 aliphatic heterocycles. The Morgan fingerprint density at radius 3 is 2.37 bits per heavy atom. The van der Waals surface area contributed by atoms with E-state index in [0.29, 0.717) is 18.5 Å². The summed E-state index contributed by atoms with van der Waals surface area (Å²) in [6.45, 7) is 6.86. The predicted molar refractivity (Wildman–Crippen MR) is 77.0 cm³/mol. The van der Waals surface area contributed by atoms with Gasteiger partial charge in [0.2, 0.25) is 5.91 Å². The van der Waals surface area contributed by atoms with Crippen molar-refractivity contribution in [2.24, 2.45) is 5.92 Å². The molecule has 0 unspecified atom stereocenters. The third kappa shape index (κ3) is 5.47. The van der Waals surface area contributed by atoms with Crippen molar-refractivity contribution in [2.45, 2.75) is 38.8 Å². The lowest BCUT2D eigenvalue weighted by Gasteiger charge is -2.35. The maximum atomic E-state index is 11.6. The van der Waals surface area contributed by atoms with Gasteiger partial charge < -0.3 is 15.3 Å². The largest absolute Gasteiger partial charge is 0.395 e. The number of aliphatic hydroxyl groups excluding tert-OH is 1. The van der Waals surface area contributed by atoms with Crippen molar-refractivity contribution >= 4 is 5.91 Å². The number of aliphatic hydroxyl groups is 1. The topological polar surface area (TPSA) is 55.8 Å². The minimum Gasteiger partial charge on any atom is -0.395 e. The number of carbonyl (C=O) groups is 1. The van der Waals surface area contributed by atoms with Crippen molar-refractivity contribution in [3.63, 3.8) is 0 Å². The highest BCUT2D eigenvalue weighted by atomic mass is 16.3. The molecular formula is C14H29N3O2. The predicted octanol–water partition coefficient (Wildman–Crippen LogP) is 0.146. The van der Waals surface area contributed by atoms with Gasteiger partial charge >= 0.3 is 0 Å². The third-order valence-corrected chi connectivity index (χ3v) is 3.90. The molecule has 5 nitrogen and oxygen atoms in total. The Morgan fingerprint density at radius 2 is 1.95 bits per heavy atom. The molecule has 0 aliphatic carbocycles. The fourth-order valence-electron chi connectivity index (χ4n) is 2.35. The van der Waals surface area contributed by atoms with Crippen LogP contribution in [0.2, 0.25) is 0 Å². The van der Waals surface area contributed by atoms with Crippen LogP contribution in [-0.4, -0.2) is 73.2 Å². The first-order chi connectivity index (χ1) is 8.93. The van der Waals surface area contributed by atoms with Gasteiger partial charge in [0.05, 0.1) is 13.2 Å². The first-order valence-corrected chi connectivity index (χ1v) is 7.23. The Labute approximate surface area is 117 Å². The van der Waals surface area contributed by atoms with Crippen molar-refractivity contribution in [2.75, 3.05) is 40.3 Å². The first-order valence-electron chi connectivity index (χ1n) is 7.23. The molecule has 19 heavy (non-hydrogen) atoms. The molecule has 5 heteroatoms. The van der Waals surface area contributed by atoms with Crippen molar-refractivity contribution in [3.8, 4) is 0 Å². The molecule has 1 amide bonds. The minimum absolute atomic E-state index is 0.168. The molecule has 1 atom stereocenters. The van der Waals surface area contributed by atoms with E-state index in [-0.39, 0.29) is 18.6 Å². The van der Waals surface area contributed by atoms with E-state index >= 15 is 0 Å². The van der Waals surface area contributed by atoms with Gasteiger partial charge in [-0.25, -0.2) is 0 Å². The highest BCUT2D eigenvalue weighted by molar-refractivity contribution is 5.77. The number of amides is 1. The Kier molecular flexibility index (Phi) is 6.75. The first kappa shape index (κ1) is 16.4. The molecule has 0 bridgehead atoms. The number of hydrogen-bond donors (Lipinski definition) is 2. The van der Waals surface area contributed by atoms with Crippen LogP contribution in [0.3, 0.4) is 0 Å². The second-order valence-corrected chi connectivity index (χ2v) is 6.04. The molecule has 1 fully saturated rings. The standard InChI is InChI=1S/C14H29N3O2/c1-11(2)13(10-18)15-12-5-7-17(8-6-12)9-14(19)16(3)4/h11-13,15,18H,5-10H2,1-4H3/t13-/m1/s1. The van der Waals surface area contributed by atoms with Crippen molar-refractivity contribution < 1.29 is 9.90 Å². The number of hydrogen-bond acceptors (Lipinski definition) is 4. The molecular weight excluding hydrogens is 242 g/mol. The van der Waals surface area contributed by atoms with Crippen LogP contribution in [0, 0.1) is 5.92 Å². The van der Waals surface area contributed by atoms with E-state index in [2.05, 4.69) is 24.1 Å². The quantitative estimate of drug-likeness (QED) is 0.722. The summed E-state index contributed by atoms with van der Waals surface area (Å²) in [5.41, 5.74) is 0. The smallest absolute Gasteiger partial charge is 0.236 e. The number of piperidine rings is 1. The van der Waals surface area contributed by atoms with Gasteiger partial charge in [0.25, 0.3) is 0 Å². The molecule has 1 heterocycles. The van der Waals surface area contributed by atoms with E-state index in [4.69, 9.17) is 0 Å². The zero-order valence-electron chi connectivity index (χ0n) is 12.7. The third-order valence-electron chi connectivity index (χ3n) is 3.90.